The molecule has 1 heterocycles. The summed E-state index contributed by atoms with van der Waals surface area (Å²) in [6.45, 7) is 13.4. The van der Waals surface area contributed by atoms with E-state index in [2.05, 4.69) is 24.6 Å². The summed E-state index contributed by atoms with van der Waals surface area (Å²) in [6, 6.07) is 0. The fourth-order valence-corrected chi connectivity index (χ4v) is 1.22. The molecular weight excluding hydrogens is 162 g/mol. The molecule has 1 aliphatic heterocycles. The van der Waals surface area contributed by atoms with Crippen LogP contribution in [0.25, 0.3) is 0 Å². The topological polar surface area (TPSA) is 12.5 Å². The van der Waals surface area contributed by atoms with Gasteiger partial charge in [-0.05, 0) is 0 Å². The van der Waals surface area contributed by atoms with Gasteiger partial charge in [0.05, 0.1) is 0 Å². The van der Waals surface area contributed by atoms with Gasteiger partial charge < -0.3 is 4.74 Å². The number of ether oxygens (including phenoxy) is 1. The predicted octanol–water partition coefficient (Wildman–Crippen LogP) is 2.09. The molecule has 0 aromatic rings. The van der Waals surface area contributed by atoms with Gasteiger partial charge in [0.2, 0.25) is 0 Å². The number of rotatable bonds is 3. The second-order valence-corrected chi connectivity index (χ2v) is 2.92. The van der Waals surface area contributed by atoms with E-state index in [9.17, 15) is 0 Å². The molecule has 0 spiro atoms. The van der Waals surface area contributed by atoms with Crippen LogP contribution >= 0.6 is 0 Å². The highest BCUT2D eigenvalue weighted by atomic mass is 16.5. The normalized spacial score (nSPS) is 21.2. The molecule has 0 aromatic heterocycles. The van der Waals surface area contributed by atoms with Crippen molar-refractivity contribution in [1.29, 1.82) is 0 Å². The largest absolute Gasteiger partial charge is 0.478 e. The number of hydrogen-bond acceptors (Lipinski definition) is 2. The van der Waals surface area contributed by atoms with Crippen molar-refractivity contribution in [3.05, 3.63) is 49.3 Å². The van der Waals surface area contributed by atoms with Gasteiger partial charge >= 0.3 is 0 Å². The first-order valence-electron chi connectivity index (χ1n) is 4.25. The SMILES string of the molecule is C=C/C=C1/CN(CC=C)COC1=C. The van der Waals surface area contributed by atoms with E-state index in [0.29, 0.717) is 6.73 Å². The molecule has 70 valence electrons. The van der Waals surface area contributed by atoms with Crippen molar-refractivity contribution in [2.24, 2.45) is 0 Å². The molecule has 0 bridgehead atoms. The zero-order valence-electron chi connectivity index (χ0n) is 7.83. The van der Waals surface area contributed by atoms with E-state index in [1.807, 2.05) is 12.2 Å². The molecule has 0 aromatic carbocycles. The molecular formula is C11H15NO. The fourth-order valence-electron chi connectivity index (χ4n) is 1.22. The van der Waals surface area contributed by atoms with Crippen LogP contribution in [0.4, 0.5) is 0 Å². The second-order valence-electron chi connectivity index (χ2n) is 2.92. The highest BCUT2D eigenvalue weighted by Gasteiger charge is 2.16. The summed E-state index contributed by atoms with van der Waals surface area (Å²) in [6.07, 6.45) is 5.54. The van der Waals surface area contributed by atoms with Gasteiger partial charge in [0.1, 0.15) is 12.5 Å². The Labute approximate surface area is 79.5 Å². The molecule has 13 heavy (non-hydrogen) atoms. The summed E-state index contributed by atoms with van der Waals surface area (Å²) in [5.74, 6) is 0.750. The molecule has 0 radical (unpaired) electrons. The van der Waals surface area contributed by atoms with Crippen LogP contribution in [-0.2, 0) is 4.74 Å². The zero-order chi connectivity index (χ0) is 9.68. The van der Waals surface area contributed by atoms with Crippen LogP contribution in [0.15, 0.2) is 49.3 Å². The predicted molar refractivity (Wildman–Crippen MR) is 55.1 cm³/mol. The Hall–Kier alpha value is -1.28. The van der Waals surface area contributed by atoms with Crippen molar-refractivity contribution >= 4 is 0 Å². The Morgan fingerprint density at radius 1 is 1.46 bits per heavy atom. The van der Waals surface area contributed by atoms with Crippen LogP contribution in [-0.4, -0.2) is 24.7 Å². The smallest absolute Gasteiger partial charge is 0.142 e. The Balaban J connectivity index is 2.62. The highest BCUT2D eigenvalue weighted by molar-refractivity contribution is 5.29. The summed E-state index contributed by atoms with van der Waals surface area (Å²) in [5.41, 5.74) is 1.09. The van der Waals surface area contributed by atoms with Gasteiger partial charge in [0.15, 0.2) is 0 Å². The second kappa shape index (κ2) is 4.67. The first-order chi connectivity index (χ1) is 6.27. The van der Waals surface area contributed by atoms with Crippen molar-refractivity contribution in [1.82, 2.24) is 4.90 Å². The van der Waals surface area contributed by atoms with Gasteiger partial charge in [0.25, 0.3) is 0 Å². The Kier molecular flexibility index (Phi) is 3.53. The average Bonchev–Trinajstić information content (AvgIpc) is 2.12. The lowest BCUT2D eigenvalue weighted by molar-refractivity contribution is 0.0664. The fraction of sp³-hybridized carbons (Fsp3) is 0.273. The third-order valence-corrected chi connectivity index (χ3v) is 1.88. The van der Waals surface area contributed by atoms with Crippen molar-refractivity contribution in [3.63, 3.8) is 0 Å². The lowest BCUT2D eigenvalue weighted by atomic mass is 10.2. The van der Waals surface area contributed by atoms with Gasteiger partial charge in [-0.2, -0.15) is 0 Å². The molecule has 0 amide bonds. The molecule has 1 saturated heterocycles. The monoisotopic (exact) mass is 177 g/mol. The van der Waals surface area contributed by atoms with E-state index in [1.54, 1.807) is 6.08 Å². The molecule has 1 fully saturated rings. The molecule has 0 aliphatic carbocycles. The van der Waals surface area contributed by atoms with Crippen molar-refractivity contribution < 1.29 is 4.74 Å². The molecule has 1 rings (SSSR count). The first-order valence-corrected chi connectivity index (χ1v) is 4.25. The van der Waals surface area contributed by atoms with E-state index in [-0.39, 0.29) is 0 Å². The standard InChI is InChI=1S/C11H15NO/c1-4-6-11-8-12(7-5-2)9-13-10(11)3/h4-6H,1-3,7-9H2/b11-6-. The van der Waals surface area contributed by atoms with E-state index < -0.39 is 0 Å². The summed E-state index contributed by atoms with van der Waals surface area (Å²) < 4.78 is 5.38. The third kappa shape index (κ3) is 2.60. The highest BCUT2D eigenvalue weighted by Crippen LogP contribution is 2.17. The maximum atomic E-state index is 5.38. The first kappa shape index (κ1) is 9.81. The Bertz CT molecular complexity index is 253. The summed E-state index contributed by atoms with van der Waals surface area (Å²) in [4.78, 5) is 2.14. The minimum absolute atomic E-state index is 0.597. The molecule has 0 atom stereocenters. The van der Waals surface area contributed by atoms with E-state index in [0.717, 1.165) is 24.4 Å². The molecule has 0 unspecified atom stereocenters. The maximum Gasteiger partial charge on any atom is 0.142 e. The van der Waals surface area contributed by atoms with Gasteiger partial charge in [-0.3, -0.25) is 4.90 Å². The maximum absolute atomic E-state index is 5.38. The van der Waals surface area contributed by atoms with Gasteiger partial charge in [0, 0.05) is 18.7 Å². The number of nitrogens with zero attached hydrogens (tertiary/aromatic N) is 1. The van der Waals surface area contributed by atoms with Crippen LogP contribution in [0.5, 0.6) is 0 Å². The molecule has 0 saturated carbocycles. The Morgan fingerprint density at radius 3 is 2.85 bits per heavy atom. The van der Waals surface area contributed by atoms with Crippen molar-refractivity contribution in [2.75, 3.05) is 19.8 Å². The number of hydrogen-bond donors (Lipinski definition) is 0. The summed E-state index contributed by atoms with van der Waals surface area (Å²) >= 11 is 0. The van der Waals surface area contributed by atoms with Crippen LogP contribution in [0.3, 0.4) is 0 Å². The minimum Gasteiger partial charge on any atom is -0.478 e. The molecule has 2 nitrogen and oxygen atoms in total. The number of allylic oxidation sites excluding steroid dienone is 2. The lowest BCUT2D eigenvalue weighted by Crippen LogP contribution is -2.33. The van der Waals surface area contributed by atoms with Gasteiger partial charge in [-0.15, -0.1) is 6.58 Å². The van der Waals surface area contributed by atoms with Crippen molar-refractivity contribution in [2.45, 2.75) is 0 Å². The zero-order valence-corrected chi connectivity index (χ0v) is 7.83. The van der Waals surface area contributed by atoms with E-state index in [4.69, 9.17) is 4.74 Å². The minimum atomic E-state index is 0.597. The lowest BCUT2D eigenvalue weighted by Gasteiger charge is -2.29. The van der Waals surface area contributed by atoms with E-state index in [1.165, 1.54) is 0 Å². The summed E-state index contributed by atoms with van der Waals surface area (Å²) in [5, 5.41) is 0. The average molecular weight is 177 g/mol. The molecule has 1 aliphatic rings. The quantitative estimate of drug-likeness (QED) is 0.612. The van der Waals surface area contributed by atoms with Gasteiger partial charge in [-0.1, -0.05) is 31.4 Å². The van der Waals surface area contributed by atoms with Crippen LogP contribution in [0.1, 0.15) is 0 Å². The molecule has 2 heteroatoms. The van der Waals surface area contributed by atoms with Gasteiger partial charge in [-0.25, -0.2) is 0 Å². The molecule has 0 N–H and O–H groups in total. The third-order valence-electron chi connectivity index (χ3n) is 1.88. The van der Waals surface area contributed by atoms with Crippen LogP contribution in [0, 0.1) is 0 Å². The summed E-state index contributed by atoms with van der Waals surface area (Å²) in [7, 11) is 0. The van der Waals surface area contributed by atoms with E-state index >= 15 is 0 Å². The van der Waals surface area contributed by atoms with Crippen LogP contribution in [0.2, 0.25) is 0 Å². The Morgan fingerprint density at radius 2 is 2.23 bits per heavy atom. The van der Waals surface area contributed by atoms with Crippen LogP contribution < -0.4 is 0 Å². The van der Waals surface area contributed by atoms with Crippen molar-refractivity contribution in [3.8, 4) is 0 Å².